The highest BCUT2D eigenvalue weighted by Gasteiger charge is 2.03. The molecule has 0 amide bonds. The van der Waals surface area contributed by atoms with E-state index in [-0.39, 0.29) is 11.2 Å². The second kappa shape index (κ2) is 5.37. The minimum Gasteiger partial charge on any atom is -0.270 e. The summed E-state index contributed by atoms with van der Waals surface area (Å²) < 4.78 is 0. The van der Waals surface area contributed by atoms with Crippen molar-refractivity contribution in [3.63, 3.8) is 0 Å². The minimum absolute atomic E-state index is 0.165. The van der Waals surface area contributed by atoms with E-state index in [1.165, 1.54) is 5.56 Å². The Balaban J connectivity index is 2.76. The van der Waals surface area contributed by atoms with Crippen molar-refractivity contribution in [2.24, 2.45) is 5.41 Å². The summed E-state index contributed by atoms with van der Waals surface area (Å²) in [5, 5.41) is 0. The second-order valence-corrected chi connectivity index (χ2v) is 4.95. The topological polar surface area (TPSA) is 17.1 Å². The number of rotatable bonds is 0. The molecule has 0 heterocycles. The van der Waals surface area contributed by atoms with Crippen LogP contribution < -0.4 is 0 Å². The molecule has 1 nitrogen and oxygen atoms in total. The molecule has 0 bridgehead atoms. The first kappa shape index (κ1) is 13.1. The molecule has 1 rings (SSSR count). The van der Waals surface area contributed by atoms with E-state index in [0.29, 0.717) is 0 Å². The van der Waals surface area contributed by atoms with Crippen LogP contribution in [0.25, 0.3) is 0 Å². The molecular weight excluding hydrogens is 208 g/mol. The molecular formula is C16H16O. The molecule has 17 heavy (non-hydrogen) atoms. The summed E-state index contributed by atoms with van der Waals surface area (Å²) in [6.07, 6.45) is 0. The number of ketones is 1. The van der Waals surface area contributed by atoms with E-state index in [2.05, 4.69) is 23.7 Å². The maximum Gasteiger partial charge on any atom is 0.279 e. The van der Waals surface area contributed by atoms with Crippen molar-refractivity contribution in [3.8, 4) is 23.7 Å². The number of hydrogen-bond donors (Lipinski definition) is 0. The average Bonchev–Trinajstić information content (AvgIpc) is 2.25. The van der Waals surface area contributed by atoms with Gasteiger partial charge in [-0.25, -0.2) is 0 Å². The summed E-state index contributed by atoms with van der Waals surface area (Å²) in [6.45, 7) is 7.89. The molecule has 0 aliphatic rings. The number of carbonyl (C=O) groups is 1. The van der Waals surface area contributed by atoms with Crippen LogP contribution in [0.15, 0.2) is 24.3 Å². The van der Waals surface area contributed by atoms with Gasteiger partial charge in [0.2, 0.25) is 0 Å². The highest BCUT2D eigenvalue weighted by atomic mass is 16.1. The van der Waals surface area contributed by atoms with Crippen LogP contribution in [0.1, 0.15) is 31.9 Å². The lowest BCUT2D eigenvalue weighted by Crippen LogP contribution is -2.01. The molecule has 0 saturated carbocycles. The Morgan fingerprint density at radius 2 is 1.65 bits per heavy atom. The van der Waals surface area contributed by atoms with Crippen molar-refractivity contribution in [1.29, 1.82) is 0 Å². The van der Waals surface area contributed by atoms with E-state index >= 15 is 0 Å². The van der Waals surface area contributed by atoms with Crippen LogP contribution in [0.5, 0.6) is 0 Å². The standard InChI is InChI=1S/C16H16O/c1-13-5-7-14(8-6-13)9-10-15(17)11-12-16(2,3)4/h5-8H,1-4H3. The zero-order chi connectivity index (χ0) is 12.9. The zero-order valence-corrected chi connectivity index (χ0v) is 10.7. The van der Waals surface area contributed by atoms with Gasteiger partial charge in [0, 0.05) is 11.0 Å². The van der Waals surface area contributed by atoms with Crippen LogP contribution in [0.4, 0.5) is 0 Å². The first-order chi connectivity index (χ1) is 7.87. The summed E-state index contributed by atoms with van der Waals surface area (Å²) in [5.74, 6) is 10.4. The van der Waals surface area contributed by atoms with E-state index < -0.39 is 0 Å². The molecule has 0 aromatic heterocycles. The SMILES string of the molecule is Cc1ccc(C#CC(=O)C#CC(C)(C)C)cc1. The predicted octanol–water partition coefficient (Wildman–Crippen LogP) is 2.97. The van der Waals surface area contributed by atoms with E-state index in [0.717, 1.165) is 5.56 Å². The highest BCUT2D eigenvalue weighted by Crippen LogP contribution is 2.09. The quantitative estimate of drug-likeness (QED) is 0.489. The van der Waals surface area contributed by atoms with Gasteiger partial charge in [0.05, 0.1) is 0 Å². The van der Waals surface area contributed by atoms with Gasteiger partial charge in [-0.05, 0) is 51.7 Å². The van der Waals surface area contributed by atoms with Gasteiger partial charge in [0.25, 0.3) is 5.78 Å². The van der Waals surface area contributed by atoms with Crippen molar-refractivity contribution in [2.75, 3.05) is 0 Å². The van der Waals surface area contributed by atoms with Crippen molar-refractivity contribution < 1.29 is 4.79 Å². The lowest BCUT2D eigenvalue weighted by Gasteiger charge is -2.05. The molecule has 0 aliphatic carbocycles. The van der Waals surface area contributed by atoms with Gasteiger partial charge in [0.15, 0.2) is 0 Å². The molecule has 0 spiro atoms. The lowest BCUT2D eigenvalue weighted by atomic mass is 9.98. The monoisotopic (exact) mass is 224 g/mol. The van der Waals surface area contributed by atoms with Crippen LogP contribution in [0.3, 0.4) is 0 Å². The predicted molar refractivity (Wildman–Crippen MR) is 70.3 cm³/mol. The first-order valence-corrected chi connectivity index (χ1v) is 5.53. The summed E-state index contributed by atoms with van der Waals surface area (Å²) in [5.41, 5.74) is 1.84. The fraction of sp³-hybridized carbons (Fsp3) is 0.312. The van der Waals surface area contributed by atoms with Gasteiger partial charge in [-0.3, -0.25) is 4.79 Å². The van der Waals surface area contributed by atoms with Crippen molar-refractivity contribution in [3.05, 3.63) is 35.4 Å². The average molecular weight is 224 g/mol. The van der Waals surface area contributed by atoms with Gasteiger partial charge in [0.1, 0.15) is 0 Å². The van der Waals surface area contributed by atoms with Crippen molar-refractivity contribution in [2.45, 2.75) is 27.7 Å². The summed E-state index contributed by atoms with van der Waals surface area (Å²) in [6, 6.07) is 7.73. The Bertz CT molecular complexity index is 519. The minimum atomic E-state index is -0.333. The number of carbonyl (C=O) groups excluding carboxylic acids is 1. The molecule has 0 atom stereocenters. The molecule has 0 saturated heterocycles. The van der Waals surface area contributed by atoms with Crippen molar-refractivity contribution >= 4 is 5.78 Å². The van der Waals surface area contributed by atoms with Crippen LogP contribution in [0.2, 0.25) is 0 Å². The molecule has 0 N–H and O–H groups in total. The lowest BCUT2D eigenvalue weighted by molar-refractivity contribution is -0.108. The second-order valence-electron chi connectivity index (χ2n) is 4.95. The smallest absolute Gasteiger partial charge is 0.270 e. The maximum absolute atomic E-state index is 11.4. The third-order valence-corrected chi connectivity index (χ3v) is 1.92. The fourth-order valence-electron chi connectivity index (χ4n) is 1.04. The molecule has 0 fully saturated rings. The summed E-state index contributed by atoms with van der Waals surface area (Å²) in [4.78, 5) is 11.4. The third kappa shape index (κ3) is 5.59. The van der Waals surface area contributed by atoms with Gasteiger partial charge in [-0.1, -0.05) is 29.5 Å². The molecule has 1 aromatic rings. The molecule has 0 radical (unpaired) electrons. The van der Waals surface area contributed by atoms with E-state index in [1.807, 2.05) is 52.0 Å². The Morgan fingerprint density at radius 3 is 2.18 bits per heavy atom. The van der Waals surface area contributed by atoms with Gasteiger partial charge < -0.3 is 0 Å². The summed E-state index contributed by atoms with van der Waals surface area (Å²) in [7, 11) is 0. The number of benzene rings is 1. The normalized spacial score (nSPS) is 9.65. The Kier molecular flexibility index (Phi) is 4.13. The zero-order valence-electron chi connectivity index (χ0n) is 10.7. The highest BCUT2D eigenvalue weighted by molar-refractivity contribution is 6.09. The Morgan fingerprint density at radius 1 is 1.06 bits per heavy atom. The van der Waals surface area contributed by atoms with Crippen LogP contribution >= 0.6 is 0 Å². The first-order valence-electron chi connectivity index (χ1n) is 5.53. The van der Waals surface area contributed by atoms with Gasteiger partial charge >= 0.3 is 0 Å². The fourth-order valence-corrected chi connectivity index (χ4v) is 1.04. The van der Waals surface area contributed by atoms with Gasteiger partial charge in [-0.15, -0.1) is 0 Å². The Labute approximate surface area is 103 Å². The molecule has 1 aromatic carbocycles. The van der Waals surface area contributed by atoms with Crippen LogP contribution in [-0.2, 0) is 4.79 Å². The summed E-state index contributed by atoms with van der Waals surface area (Å²) >= 11 is 0. The maximum atomic E-state index is 11.4. The van der Waals surface area contributed by atoms with Crippen LogP contribution in [-0.4, -0.2) is 5.78 Å². The van der Waals surface area contributed by atoms with E-state index in [1.54, 1.807) is 0 Å². The molecule has 0 aliphatic heterocycles. The van der Waals surface area contributed by atoms with E-state index in [4.69, 9.17) is 0 Å². The van der Waals surface area contributed by atoms with Crippen molar-refractivity contribution in [1.82, 2.24) is 0 Å². The molecule has 0 unspecified atom stereocenters. The van der Waals surface area contributed by atoms with E-state index in [9.17, 15) is 4.79 Å². The molecule has 86 valence electrons. The number of aryl methyl sites for hydroxylation is 1. The number of hydrogen-bond acceptors (Lipinski definition) is 1. The van der Waals surface area contributed by atoms with Gasteiger partial charge in [-0.2, -0.15) is 0 Å². The van der Waals surface area contributed by atoms with Crippen LogP contribution in [0, 0.1) is 36.0 Å². The largest absolute Gasteiger partial charge is 0.279 e. The number of Topliss-reactive ketones (excluding diaryl/α,β-unsaturated/α-hetero) is 1. The third-order valence-electron chi connectivity index (χ3n) is 1.92. The molecule has 1 heteroatoms. The Hall–Kier alpha value is -1.99.